The molecule has 2 rings (SSSR count). The fourth-order valence-electron chi connectivity index (χ4n) is 3.42. The lowest BCUT2D eigenvalue weighted by Gasteiger charge is -2.48. The topological polar surface area (TPSA) is 15.3 Å². The molecule has 1 unspecified atom stereocenters. The summed E-state index contributed by atoms with van der Waals surface area (Å²) < 4.78 is 0. The summed E-state index contributed by atoms with van der Waals surface area (Å²) in [5.41, 5.74) is 0.531. The smallest absolute Gasteiger partial charge is 0.0334 e. The maximum absolute atomic E-state index is 3.70. The molecule has 0 aromatic rings. The standard InChI is InChI=1S/C14H28N2S/c1-3-17-10-6-9-16-11-13(2)15-12-14(16)7-4-5-8-14/h13,15H,3-12H2,1-2H3. The molecule has 1 aliphatic heterocycles. The van der Waals surface area contributed by atoms with E-state index in [0.717, 1.165) is 0 Å². The molecule has 0 amide bonds. The summed E-state index contributed by atoms with van der Waals surface area (Å²) in [5, 5.41) is 3.70. The minimum atomic E-state index is 0.531. The number of thioether (sulfide) groups is 1. The highest BCUT2D eigenvalue weighted by Gasteiger charge is 2.42. The van der Waals surface area contributed by atoms with Crippen LogP contribution in [0, 0.1) is 0 Å². The van der Waals surface area contributed by atoms with Crippen molar-refractivity contribution in [2.24, 2.45) is 0 Å². The molecule has 0 bridgehead atoms. The van der Waals surface area contributed by atoms with Gasteiger partial charge in [0.2, 0.25) is 0 Å². The first kappa shape index (κ1) is 13.7. The van der Waals surface area contributed by atoms with Crippen LogP contribution in [0.3, 0.4) is 0 Å². The van der Waals surface area contributed by atoms with Crippen molar-refractivity contribution < 1.29 is 0 Å². The summed E-state index contributed by atoms with van der Waals surface area (Å²) in [6.07, 6.45) is 7.10. The Morgan fingerprint density at radius 2 is 2.12 bits per heavy atom. The molecule has 2 fully saturated rings. The summed E-state index contributed by atoms with van der Waals surface area (Å²) >= 11 is 2.09. The second kappa shape index (κ2) is 6.44. The van der Waals surface area contributed by atoms with Crippen LogP contribution in [0.2, 0.25) is 0 Å². The minimum Gasteiger partial charge on any atom is -0.311 e. The van der Waals surface area contributed by atoms with E-state index in [1.54, 1.807) is 0 Å². The Hall–Kier alpha value is 0.270. The van der Waals surface area contributed by atoms with Gasteiger partial charge in [-0.05, 0) is 44.2 Å². The summed E-state index contributed by atoms with van der Waals surface area (Å²) in [6.45, 7) is 8.40. The molecule has 17 heavy (non-hydrogen) atoms. The van der Waals surface area contributed by atoms with Crippen LogP contribution in [0.5, 0.6) is 0 Å². The molecule has 3 heteroatoms. The van der Waals surface area contributed by atoms with Gasteiger partial charge >= 0.3 is 0 Å². The van der Waals surface area contributed by atoms with Gasteiger partial charge in [0.15, 0.2) is 0 Å². The predicted octanol–water partition coefficient (Wildman–Crippen LogP) is 2.74. The Morgan fingerprint density at radius 3 is 2.82 bits per heavy atom. The lowest BCUT2D eigenvalue weighted by molar-refractivity contribution is 0.0471. The first-order chi connectivity index (χ1) is 8.27. The second-order valence-electron chi connectivity index (χ2n) is 5.71. The van der Waals surface area contributed by atoms with Crippen molar-refractivity contribution in [1.82, 2.24) is 10.2 Å². The maximum atomic E-state index is 3.70. The van der Waals surface area contributed by atoms with Crippen molar-refractivity contribution >= 4 is 11.8 Å². The Kier molecular flexibility index (Phi) is 5.19. The molecule has 1 saturated carbocycles. The zero-order valence-electron chi connectivity index (χ0n) is 11.5. The van der Waals surface area contributed by atoms with Crippen LogP contribution < -0.4 is 5.32 Å². The van der Waals surface area contributed by atoms with Gasteiger partial charge in [0, 0.05) is 24.7 Å². The number of hydrogen-bond donors (Lipinski definition) is 1. The molecule has 0 radical (unpaired) electrons. The molecule has 1 atom stereocenters. The van der Waals surface area contributed by atoms with Crippen molar-refractivity contribution in [3.05, 3.63) is 0 Å². The van der Waals surface area contributed by atoms with E-state index >= 15 is 0 Å². The molecular formula is C14H28N2S. The fraction of sp³-hybridized carbons (Fsp3) is 1.00. The summed E-state index contributed by atoms with van der Waals surface area (Å²) in [7, 11) is 0. The first-order valence-electron chi connectivity index (χ1n) is 7.33. The molecule has 1 N–H and O–H groups in total. The monoisotopic (exact) mass is 256 g/mol. The Morgan fingerprint density at radius 1 is 1.35 bits per heavy atom. The third-order valence-corrected chi connectivity index (χ3v) is 5.39. The number of nitrogens with one attached hydrogen (secondary N) is 1. The van der Waals surface area contributed by atoms with E-state index in [4.69, 9.17) is 0 Å². The molecule has 2 nitrogen and oxygen atoms in total. The molecule has 1 saturated heterocycles. The zero-order chi connectivity index (χ0) is 12.1. The zero-order valence-corrected chi connectivity index (χ0v) is 12.3. The van der Waals surface area contributed by atoms with Crippen molar-refractivity contribution in [2.75, 3.05) is 31.1 Å². The van der Waals surface area contributed by atoms with Crippen LogP contribution in [0.25, 0.3) is 0 Å². The van der Waals surface area contributed by atoms with Gasteiger partial charge in [0.1, 0.15) is 0 Å². The van der Waals surface area contributed by atoms with Gasteiger partial charge in [-0.1, -0.05) is 19.8 Å². The predicted molar refractivity (Wildman–Crippen MR) is 77.9 cm³/mol. The average molecular weight is 256 g/mol. The van der Waals surface area contributed by atoms with E-state index in [1.165, 1.54) is 63.2 Å². The molecule has 1 aliphatic carbocycles. The maximum Gasteiger partial charge on any atom is 0.0334 e. The third-order valence-electron chi connectivity index (χ3n) is 4.40. The summed E-state index contributed by atoms with van der Waals surface area (Å²) in [6, 6.07) is 0.681. The first-order valence-corrected chi connectivity index (χ1v) is 8.48. The quantitative estimate of drug-likeness (QED) is 0.762. The molecule has 2 aliphatic rings. The van der Waals surface area contributed by atoms with Gasteiger partial charge in [-0.15, -0.1) is 0 Å². The SMILES string of the molecule is CCSCCCN1CC(C)NCC12CCCC2. The van der Waals surface area contributed by atoms with Crippen LogP contribution in [-0.2, 0) is 0 Å². The molecule has 0 aromatic heterocycles. The lowest BCUT2D eigenvalue weighted by Crippen LogP contribution is -2.63. The van der Waals surface area contributed by atoms with Gasteiger partial charge < -0.3 is 5.32 Å². The molecular weight excluding hydrogens is 228 g/mol. The van der Waals surface area contributed by atoms with E-state index in [9.17, 15) is 0 Å². The van der Waals surface area contributed by atoms with Gasteiger partial charge in [-0.25, -0.2) is 0 Å². The van der Waals surface area contributed by atoms with Crippen LogP contribution in [0.15, 0.2) is 0 Å². The third kappa shape index (κ3) is 3.39. The van der Waals surface area contributed by atoms with E-state index in [-0.39, 0.29) is 0 Å². The Labute approximate surface area is 111 Å². The molecule has 0 aromatic carbocycles. The normalized spacial score (nSPS) is 28.9. The average Bonchev–Trinajstić information content (AvgIpc) is 2.79. The van der Waals surface area contributed by atoms with Crippen LogP contribution in [0.4, 0.5) is 0 Å². The van der Waals surface area contributed by atoms with Crippen molar-refractivity contribution in [1.29, 1.82) is 0 Å². The van der Waals surface area contributed by atoms with E-state index < -0.39 is 0 Å². The van der Waals surface area contributed by atoms with Crippen LogP contribution >= 0.6 is 11.8 Å². The number of hydrogen-bond acceptors (Lipinski definition) is 3. The Bertz CT molecular complexity index is 226. The van der Waals surface area contributed by atoms with Crippen molar-refractivity contribution in [3.63, 3.8) is 0 Å². The van der Waals surface area contributed by atoms with Gasteiger partial charge in [0.25, 0.3) is 0 Å². The lowest BCUT2D eigenvalue weighted by atomic mass is 9.91. The Balaban J connectivity index is 1.85. The largest absolute Gasteiger partial charge is 0.311 e. The molecule has 100 valence electrons. The van der Waals surface area contributed by atoms with Gasteiger partial charge in [0.05, 0.1) is 0 Å². The highest BCUT2D eigenvalue weighted by molar-refractivity contribution is 7.99. The minimum absolute atomic E-state index is 0.531. The fourth-order valence-corrected chi connectivity index (χ4v) is 4.04. The summed E-state index contributed by atoms with van der Waals surface area (Å²) in [5.74, 6) is 2.61. The van der Waals surface area contributed by atoms with Crippen molar-refractivity contribution in [2.45, 2.75) is 57.5 Å². The van der Waals surface area contributed by atoms with E-state index in [2.05, 4.69) is 35.8 Å². The highest BCUT2D eigenvalue weighted by atomic mass is 32.2. The van der Waals surface area contributed by atoms with E-state index in [1.807, 2.05) is 0 Å². The molecule has 1 spiro atoms. The van der Waals surface area contributed by atoms with E-state index in [0.29, 0.717) is 11.6 Å². The van der Waals surface area contributed by atoms with Crippen LogP contribution in [0.1, 0.15) is 46.0 Å². The number of nitrogens with zero attached hydrogens (tertiary/aromatic N) is 1. The van der Waals surface area contributed by atoms with Crippen LogP contribution in [-0.4, -0.2) is 47.6 Å². The second-order valence-corrected chi connectivity index (χ2v) is 7.10. The molecule has 1 heterocycles. The van der Waals surface area contributed by atoms with Gasteiger partial charge in [-0.3, -0.25) is 4.90 Å². The number of rotatable bonds is 5. The van der Waals surface area contributed by atoms with Gasteiger partial charge in [-0.2, -0.15) is 11.8 Å². The van der Waals surface area contributed by atoms with Crippen molar-refractivity contribution in [3.8, 4) is 0 Å². The highest BCUT2D eigenvalue weighted by Crippen LogP contribution is 2.36. The number of piperazine rings is 1. The summed E-state index contributed by atoms with van der Waals surface area (Å²) in [4.78, 5) is 2.82.